The highest BCUT2D eigenvalue weighted by Crippen LogP contribution is 2.26. The minimum Gasteiger partial charge on any atom is -0.369 e. The maximum atomic E-state index is 12.3. The summed E-state index contributed by atoms with van der Waals surface area (Å²) in [5.74, 6) is -0.215. The number of thiophene rings is 1. The minimum absolute atomic E-state index is 0.0833. The lowest BCUT2D eigenvalue weighted by Crippen LogP contribution is -2.36. The molecule has 32 heavy (non-hydrogen) atoms. The molecule has 0 spiro atoms. The summed E-state index contributed by atoms with van der Waals surface area (Å²) in [5, 5.41) is 7.54. The summed E-state index contributed by atoms with van der Waals surface area (Å²) < 4.78 is 28.8. The lowest BCUT2D eigenvalue weighted by atomic mass is 10.1. The maximum Gasteiger partial charge on any atom is 0.273 e. The highest BCUT2D eigenvalue weighted by Gasteiger charge is 2.16. The highest BCUT2D eigenvalue weighted by molar-refractivity contribution is 7.92. The van der Waals surface area contributed by atoms with Gasteiger partial charge in [0.05, 0.1) is 23.6 Å². The Morgan fingerprint density at radius 1 is 1.06 bits per heavy atom. The van der Waals surface area contributed by atoms with Crippen LogP contribution in [-0.4, -0.2) is 24.2 Å². The highest BCUT2D eigenvalue weighted by atomic mass is 35.5. The van der Waals surface area contributed by atoms with Crippen molar-refractivity contribution in [2.75, 3.05) is 0 Å². The number of aliphatic imine (C=N–C) groups is 1. The van der Waals surface area contributed by atoms with E-state index in [1.807, 2.05) is 30.3 Å². The average Bonchev–Trinajstić information content (AvgIpc) is 3.44. The zero-order chi connectivity index (χ0) is 22.7. The van der Waals surface area contributed by atoms with E-state index in [0.717, 1.165) is 28.3 Å². The number of guanidine groups is 1. The van der Waals surface area contributed by atoms with Gasteiger partial charge in [-0.2, -0.15) is 5.10 Å². The molecular formula is C21H17Cl2N5O2S2. The van der Waals surface area contributed by atoms with Gasteiger partial charge in [0.15, 0.2) is 0 Å². The SMILES string of the molecule is NC(=NCc1cc(-c2ccc(Cl)cc2)n(-c2ccc(Cl)cc2)n1)NS(=O)(=O)c1cccs1. The Kier molecular flexibility index (Phi) is 6.52. The number of aromatic nitrogens is 2. The molecule has 0 aliphatic rings. The molecule has 0 saturated heterocycles. The number of halogens is 2. The lowest BCUT2D eigenvalue weighted by molar-refractivity contribution is 0.594. The van der Waals surface area contributed by atoms with Crippen molar-refractivity contribution in [2.24, 2.45) is 10.7 Å². The normalized spacial score (nSPS) is 12.1. The monoisotopic (exact) mass is 505 g/mol. The van der Waals surface area contributed by atoms with Crippen LogP contribution in [-0.2, 0) is 16.6 Å². The van der Waals surface area contributed by atoms with Gasteiger partial charge in [0.2, 0.25) is 5.96 Å². The van der Waals surface area contributed by atoms with Crippen LogP contribution in [0.3, 0.4) is 0 Å². The van der Waals surface area contributed by atoms with Crippen LogP contribution < -0.4 is 10.5 Å². The minimum atomic E-state index is -3.76. The molecule has 0 aliphatic heterocycles. The largest absolute Gasteiger partial charge is 0.369 e. The van der Waals surface area contributed by atoms with E-state index in [1.54, 1.807) is 40.4 Å². The van der Waals surface area contributed by atoms with Gasteiger partial charge >= 0.3 is 0 Å². The van der Waals surface area contributed by atoms with E-state index in [0.29, 0.717) is 15.7 Å². The number of sulfonamides is 1. The van der Waals surface area contributed by atoms with Gasteiger partial charge in [0, 0.05) is 15.6 Å². The fourth-order valence-corrected chi connectivity index (χ4v) is 5.11. The topological polar surface area (TPSA) is 102 Å². The van der Waals surface area contributed by atoms with E-state index in [4.69, 9.17) is 28.9 Å². The van der Waals surface area contributed by atoms with Crippen LogP contribution in [0.15, 0.2) is 81.3 Å². The number of rotatable bonds is 6. The Morgan fingerprint density at radius 3 is 2.34 bits per heavy atom. The van der Waals surface area contributed by atoms with Gasteiger partial charge in [-0.05, 0) is 53.9 Å². The van der Waals surface area contributed by atoms with Gasteiger partial charge in [0.25, 0.3) is 10.0 Å². The molecule has 4 aromatic rings. The van der Waals surface area contributed by atoms with Gasteiger partial charge < -0.3 is 5.73 Å². The predicted octanol–water partition coefficient (Wildman–Crippen LogP) is 4.70. The lowest BCUT2D eigenvalue weighted by Gasteiger charge is -2.08. The summed E-state index contributed by atoms with van der Waals surface area (Å²) in [6.07, 6.45) is 0. The second kappa shape index (κ2) is 9.33. The summed E-state index contributed by atoms with van der Waals surface area (Å²) >= 11 is 13.1. The van der Waals surface area contributed by atoms with Crippen LogP contribution in [0.2, 0.25) is 10.0 Å². The molecule has 7 nitrogen and oxygen atoms in total. The van der Waals surface area contributed by atoms with Crippen molar-refractivity contribution < 1.29 is 8.42 Å². The summed E-state index contributed by atoms with van der Waals surface area (Å²) in [6.45, 7) is 0.0833. The van der Waals surface area contributed by atoms with Gasteiger partial charge in [-0.25, -0.2) is 22.8 Å². The van der Waals surface area contributed by atoms with Crippen molar-refractivity contribution in [3.05, 3.63) is 87.8 Å². The number of hydrogen-bond acceptors (Lipinski definition) is 5. The molecule has 164 valence electrons. The molecule has 11 heteroatoms. The van der Waals surface area contributed by atoms with Crippen molar-refractivity contribution >= 4 is 50.5 Å². The molecule has 0 radical (unpaired) electrons. The van der Waals surface area contributed by atoms with Crippen LogP contribution in [0, 0.1) is 0 Å². The first-order chi connectivity index (χ1) is 15.3. The van der Waals surface area contributed by atoms with E-state index in [2.05, 4.69) is 14.8 Å². The predicted molar refractivity (Wildman–Crippen MR) is 129 cm³/mol. The standard InChI is InChI=1S/C21H17Cl2N5O2S2/c22-15-5-3-14(4-6-15)19-12-17(26-28(19)18-9-7-16(23)8-10-18)13-25-21(24)27-32(29,30)20-2-1-11-31-20/h1-12H,13H2,(H3,24,25,27). The summed E-state index contributed by atoms with van der Waals surface area (Å²) in [6, 6.07) is 19.6. The first kappa shape index (κ1) is 22.3. The Morgan fingerprint density at radius 2 is 1.72 bits per heavy atom. The van der Waals surface area contributed by atoms with E-state index < -0.39 is 10.0 Å². The summed E-state index contributed by atoms with van der Waals surface area (Å²) in [5.41, 5.74) is 8.93. The molecule has 0 unspecified atom stereocenters. The van der Waals surface area contributed by atoms with E-state index in [-0.39, 0.29) is 16.7 Å². The number of nitrogens with two attached hydrogens (primary N) is 1. The molecular weight excluding hydrogens is 489 g/mol. The van der Waals surface area contributed by atoms with Gasteiger partial charge in [-0.3, -0.25) is 0 Å². The first-order valence-electron chi connectivity index (χ1n) is 9.29. The molecule has 2 aromatic carbocycles. The molecule has 0 fully saturated rings. The average molecular weight is 506 g/mol. The van der Waals surface area contributed by atoms with Crippen molar-refractivity contribution in [3.63, 3.8) is 0 Å². The molecule has 2 heterocycles. The number of nitrogens with one attached hydrogen (secondary N) is 1. The van der Waals surface area contributed by atoms with Crippen molar-refractivity contribution in [2.45, 2.75) is 10.8 Å². The number of benzene rings is 2. The summed E-state index contributed by atoms with van der Waals surface area (Å²) in [4.78, 5) is 4.15. The second-order valence-electron chi connectivity index (χ2n) is 6.66. The van der Waals surface area contributed by atoms with E-state index >= 15 is 0 Å². The molecule has 2 aromatic heterocycles. The zero-order valence-corrected chi connectivity index (χ0v) is 19.6. The van der Waals surface area contributed by atoms with Gasteiger partial charge in [-0.15, -0.1) is 11.3 Å². The number of hydrogen-bond donors (Lipinski definition) is 2. The third-order valence-electron chi connectivity index (χ3n) is 4.38. The molecule has 0 bridgehead atoms. The fraction of sp³-hybridized carbons (Fsp3) is 0.0476. The van der Waals surface area contributed by atoms with Crippen LogP contribution in [0.1, 0.15) is 5.69 Å². The van der Waals surface area contributed by atoms with Gasteiger partial charge in [0.1, 0.15) is 4.21 Å². The maximum absolute atomic E-state index is 12.3. The fourth-order valence-electron chi connectivity index (χ4n) is 2.92. The van der Waals surface area contributed by atoms with E-state index in [1.165, 1.54) is 6.07 Å². The van der Waals surface area contributed by atoms with Crippen LogP contribution in [0.4, 0.5) is 0 Å². The van der Waals surface area contributed by atoms with Crippen LogP contribution >= 0.6 is 34.5 Å². The van der Waals surface area contributed by atoms with Crippen molar-refractivity contribution in [1.82, 2.24) is 14.5 Å². The van der Waals surface area contributed by atoms with Crippen molar-refractivity contribution in [1.29, 1.82) is 0 Å². The second-order valence-corrected chi connectivity index (χ2v) is 10.4. The first-order valence-corrected chi connectivity index (χ1v) is 12.4. The molecule has 4 rings (SSSR count). The van der Waals surface area contributed by atoms with Crippen LogP contribution in [0.5, 0.6) is 0 Å². The number of nitrogens with zero attached hydrogens (tertiary/aromatic N) is 3. The molecule has 0 aliphatic carbocycles. The van der Waals surface area contributed by atoms with Crippen molar-refractivity contribution in [3.8, 4) is 16.9 Å². The van der Waals surface area contributed by atoms with E-state index in [9.17, 15) is 8.42 Å². The smallest absolute Gasteiger partial charge is 0.273 e. The molecule has 0 atom stereocenters. The Labute approximate surface area is 199 Å². The zero-order valence-electron chi connectivity index (χ0n) is 16.4. The third-order valence-corrected chi connectivity index (χ3v) is 7.64. The Bertz CT molecular complexity index is 1290. The summed E-state index contributed by atoms with van der Waals surface area (Å²) in [7, 11) is -3.76. The molecule has 0 saturated carbocycles. The van der Waals surface area contributed by atoms with Crippen LogP contribution in [0.25, 0.3) is 16.9 Å². The third kappa shape index (κ3) is 5.13. The molecule has 0 amide bonds. The quantitative estimate of drug-likeness (QED) is 0.292. The Hall–Kier alpha value is -2.85. The Balaban J connectivity index is 1.63. The van der Waals surface area contributed by atoms with Gasteiger partial charge in [-0.1, -0.05) is 41.4 Å². The molecule has 3 N–H and O–H groups in total.